The fraction of sp³-hybridized carbons (Fsp3) is 0.300. The first-order valence-electron chi connectivity index (χ1n) is 8.49. The van der Waals surface area contributed by atoms with Crippen LogP contribution >= 0.6 is 0 Å². The van der Waals surface area contributed by atoms with Crippen LogP contribution in [0.25, 0.3) is 0 Å². The number of anilines is 3. The number of rotatable bonds is 0. The summed E-state index contributed by atoms with van der Waals surface area (Å²) in [6.45, 7) is 8.92. The van der Waals surface area contributed by atoms with E-state index in [1.54, 1.807) is 6.33 Å². The van der Waals surface area contributed by atoms with Gasteiger partial charge in [-0.25, -0.2) is 9.97 Å². The fourth-order valence-electron chi connectivity index (χ4n) is 4.29. The molecule has 2 aliphatic heterocycles. The molecule has 3 aromatic heterocycles. The lowest BCUT2D eigenvalue weighted by molar-refractivity contribution is 0.574. The lowest BCUT2D eigenvalue weighted by atomic mass is 9.69. The van der Waals surface area contributed by atoms with Gasteiger partial charge in [-0.1, -0.05) is 13.8 Å². The Hall–Kier alpha value is -2.82. The van der Waals surface area contributed by atoms with E-state index in [0.717, 1.165) is 28.5 Å². The van der Waals surface area contributed by atoms with Crippen molar-refractivity contribution < 1.29 is 0 Å². The molecular weight excluding hydrogens is 310 g/mol. The summed E-state index contributed by atoms with van der Waals surface area (Å²) in [4.78, 5) is 20.3. The van der Waals surface area contributed by atoms with Crippen molar-refractivity contribution in [3.05, 3.63) is 65.6 Å². The third-order valence-corrected chi connectivity index (χ3v) is 5.70. The molecule has 0 amide bonds. The Kier molecular flexibility index (Phi) is 2.57. The van der Waals surface area contributed by atoms with Gasteiger partial charge in [0, 0.05) is 35.0 Å². The first-order valence-corrected chi connectivity index (χ1v) is 8.49. The van der Waals surface area contributed by atoms with E-state index in [1.807, 2.05) is 24.8 Å². The van der Waals surface area contributed by atoms with Gasteiger partial charge in [-0.05, 0) is 37.1 Å². The highest BCUT2D eigenvalue weighted by molar-refractivity contribution is 5.89. The molecule has 0 spiro atoms. The molecule has 0 saturated heterocycles. The zero-order valence-corrected chi connectivity index (χ0v) is 14.8. The molecular formula is C20H19N5. The van der Waals surface area contributed by atoms with Crippen LogP contribution in [-0.4, -0.2) is 19.9 Å². The van der Waals surface area contributed by atoms with Crippen molar-refractivity contribution in [2.24, 2.45) is 0 Å². The molecule has 5 heterocycles. The van der Waals surface area contributed by atoms with Crippen LogP contribution in [0.3, 0.4) is 0 Å². The number of nitrogens with zero attached hydrogens (tertiary/aromatic N) is 5. The molecule has 0 aromatic carbocycles. The van der Waals surface area contributed by atoms with Crippen molar-refractivity contribution in [1.82, 2.24) is 19.9 Å². The molecule has 0 N–H and O–H groups in total. The Morgan fingerprint density at radius 2 is 1.60 bits per heavy atom. The number of aromatic nitrogens is 4. The Balaban J connectivity index is 1.97. The highest BCUT2D eigenvalue weighted by Crippen LogP contribution is 2.58. The molecule has 25 heavy (non-hydrogen) atoms. The SMILES string of the molecule is CC1(C)c2ccncc2N2c3ncncc3C(C)(C)c3nccc1c32. The predicted molar refractivity (Wildman–Crippen MR) is 96.6 cm³/mol. The number of fused-ring (bicyclic) bond motifs is 4. The second-order valence-electron chi connectivity index (χ2n) is 7.79. The summed E-state index contributed by atoms with van der Waals surface area (Å²) in [5, 5.41) is 0. The van der Waals surface area contributed by atoms with E-state index in [4.69, 9.17) is 4.98 Å². The first-order chi connectivity index (χ1) is 11.9. The van der Waals surface area contributed by atoms with Crippen LogP contribution in [0.5, 0.6) is 0 Å². The molecule has 0 saturated carbocycles. The molecule has 5 nitrogen and oxygen atoms in total. The Morgan fingerprint density at radius 1 is 0.800 bits per heavy atom. The van der Waals surface area contributed by atoms with Gasteiger partial charge in [0.05, 0.1) is 23.3 Å². The van der Waals surface area contributed by atoms with Crippen molar-refractivity contribution in [3.8, 4) is 0 Å². The molecule has 0 unspecified atom stereocenters. The van der Waals surface area contributed by atoms with Crippen molar-refractivity contribution in [2.75, 3.05) is 4.90 Å². The van der Waals surface area contributed by atoms with Crippen LogP contribution in [-0.2, 0) is 10.8 Å². The molecule has 3 aromatic rings. The van der Waals surface area contributed by atoms with E-state index in [9.17, 15) is 0 Å². The van der Waals surface area contributed by atoms with Gasteiger partial charge in [-0.15, -0.1) is 0 Å². The van der Waals surface area contributed by atoms with Crippen LogP contribution in [0, 0.1) is 0 Å². The minimum Gasteiger partial charge on any atom is -0.291 e. The molecule has 5 rings (SSSR count). The Bertz CT molecular complexity index is 944. The van der Waals surface area contributed by atoms with E-state index in [-0.39, 0.29) is 10.8 Å². The van der Waals surface area contributed by atoms with Crippen molar-refractivity contribution in [3.63, 3.8) is 0 Å². The maximum absolute atomic E-state index is 4.78. The minimum absolute atomic E-state index is 0.123. The molecule has 5 heteroatoms. The standard InChI is InChI=1S/C20H19N5/c1-19(2)12-5-7-21-10-15(12)25-16-13(19)6-8-23-17(16)20(3,4)14-9-22-11-24-18(14)25/h5-11H,1-4H3. The van der Waals surface area contributed by atoms with Crippen LogP contribution < -0.4 is 4.90 Å². The Labute approximate surface area is 146 Å². The van der Waals surface area contributed by atoms with Gasteiger partial charge in [0.2, 0.25) is 0 Å². The number of hydrogen-bond donors (Lipinski definition) is 0. The summed E-state index contributed by atoms with van der Waals surface area (Å²) in [6.07, 6.45) is 9.25. The monoisotopic (exact) mass is 329 g/mol. The Morgan fingerprint density at radius 3 is 2.44 bits per heavy atom. The van der Waals surface area contributed by atoms with E-state index in [0.29, 0.717) is 0 Å². The first kappa shape index (κ1) is 14.5. The maximum Gasteiger partial charge on any atom is 0.145 e. The van der Waals surface area contributed by atoms with Gasteiger partial charge in [0.15, 0.2) is 0 Å². The average molecular weight is 329 g/mol. The summed E-state index contributed by atoms with van der Waals surface area (Å²) < 4.78 is 0. The van der Waals surface area contributed by atoms with Gasteiger partial charge in [-0.3, -0.25) is 14.9 Å². The average Bonchev–Trinajstić information content (AvgIpc) is 2.61. The summed E-state index contributed by atoms with van der Waals surface area (Å²) >= 11 is 0. The summed E-state index contributed by atoms with van der Waals surface area (Å²) in [5.74, 6) is 0.923. The van der Waals surface area contributed by atoms with Gasteiger partial charge in [-0.2, -0.15) is 0 Å². The molecule has 0 fully saturated rings. The molecule has 0 aliphatic carbocycles. The molecule has 124 valence electrons. The smallest absolute Gasteiger partial charge is 0.145 e. The predicted octanol–water partition coefficient (Wildman–Crippen LogP) is 4.02. The molecule has 0 bridgehead atoms. The summed E-state index contributed by atoms with van der Waals surface area (Å²) in [6, 6.07) is 4.25. The van der Waals surface area contributed by atoms with E-state index in [2.05, 4.69) is 59.7 Å². The second-order valence-corrected chi connectivity index (χ2v) is 7.79. The van der Waals surface area contributed by atoms with E-state index < -0.39 is 0 Å². The number of pyridine rings is 2. The zero-order valence-electron chi connectivity index (χ0n) is 14.8. The molecule has 2 aliphatic rings. The van der Waals surface area contributed by atoms with Gasteiger partial charge in [0.1, 0.15) is 12.1 Å². The van der Waals surface area contributed by atoms with Crippen molar-refractivity contribution >= 4 is 17.2 Å². The van der Waals surface area contributed by atoms with Gasteiger partial charge >= 0.3 is 0 Å². The summed E-state index contributed by atoms with van der Waals surface area (Å²) in [5.41, 5.74) is 6.51. The molecule has 0 radical (unpaired) electrons. The minimum atomic E-state index is -0.256. The van der Waals surface area contributed by atoms with Gasteiger partial charge in [0.25, 0.3) is 0 Å². The highest BCUT2D eigenvalue weighted by Gasteiger charge is 2.46. The maximum atomic E-state index is 4.78. The van der Waals surface area contributed by atoms with E-state index >= 15 is 0 Å². The van der Waals surface area contributed by atoms with E-state index in [1.165, 1.54) is 11.1 Å². The molecule has 0 atom stereocenters. The van der Waals surface area contributed by atoms with Crippen LogP contribution in [0.1, 0.15) is 50.1 Å². The van der Waals surface area contributed by atoms with Crippen LogP contribution in [0.4, 0.5) is 17.2 Å². The lowest BCUT2D eigenvalue weighted by Crippen LogP contribution is -2.39. The normalized spacial score (nSPS) is 18.2. The summed E-state index contributed by atoms with van der Waals surface area (Å²) in [7, 11) is 0. The van der Waals surface area contributed by atoms with Crippen molar-refractivity contribution in [2.45, 2.75) is 38.5 Å². The second kappa shape index (κ2) is 4.42. The third-order valence-electron chi connectivity index (χ3n) is 5.70. The van der Waals surface area contributed by atoms with Gasteiger partial charge < -0.3 is 0 Å². The highest BCUT2D eigenvalue weighted by atomic mass is 15.2. The van der Waals surface area contributed by atoms with Crippen LogP contribution in [0.15, 0.2) is 43.2 Å². The quantitative estimate of drug-likeness (QED) is 0.623. The topological polar surface area (TPSA) is 54.8 Å². The van der Waals surface area contributed by atoms with Crippen LogP contribution in [0.2, 0.25) is 0 Å². The number of hydrogen-bond acceptors (Lipinski definition) is 5. The van der Waals surface area contributed by atoms with Crippen molar-refractivity contribution in [1.29, 1.82) is 0 Å². The lowest BCUT2D eigenvalue weighted by Gasteiger charge is -2.47. The fourth-order valence-corrected chi connectivity index (χ4v) is 4.29. The third kappa shape index (κ3) is 1.63. The largest absolute Gasteiger partial charge is 0.291 e. The zero-order chi connectivity index (χ0) is 17.4.